The van der Waals surface area contributed by atoms with Gasteiger partial charge in [-0.25, -0.2) is 0 Å². The average Bonchev–Trinajstić information content (AvgIpc) is 3.22. The van der Waals surface area contributed by atoms with Crippen molar-refractivity contribution in [1.29, 1.82) is 0 Å². The van der Waals surface area contributed by atoms with Gasteiger partial charge in [-0.3, -0.25) is 0 Å². The third-order valence-electron chi connectivity index (χ3n) is 5.34. The second kappa shape index (κ2) is 10.6. The zero-order chi connectivity index (χ0) is 22.7. The molecule has 1 aromatic heterocycles. The quantitative estimate of drug-likeness (QED) is 0.189. The lowest BCUT2D eigenvalue weighted by atomic mass is 9.99. The van der Waals surface area contributed by atoms with Gasteiger partial charge in [0.2, 0.25) is 0 Å². The summed E-state index contributed by atoms with van der Waals surface area (Å²) in [5.74, 6) is 0. The number of rotatable bonds is 8. The van der Waals surface area contributed by atoms with E-state index in [1.165, 1.54) is 12.5 Å². The van der Waals surface area contributed by atoms with Gasteiger partial charge in [0.15, 0.2) is 12.6 Å². The first-order chi connectivity index (χ1) is 14.8. The molecule has 3 rings (SSSR count). The van der Waals surface area contributed by atoms with E-state index in [0.29, 0.717) is 11.1 Å². The average molecular weight is 452 g/mol. The summed E-state index contributed by atoms with van der Waals surface area (Å²) in [6.45, 7) is -1.50. The Labute approximate surface area is 176 Å². The molecule has 8 N–H and O–H groups in total. The molecular weight excluding hydrogens is 424 g/mol. The SMILES string of the molecule is OC[C@H]1OC(OCc2cocc2COC2O[C@H](CO)[C@H](O)[C@H](O)[C@H]2O)[C@H](O)[C@@H](O)[C@H]1O. The molecule has 2 saturated heterocycles. The van der Waals surface area contributed by atoms with Crippen LogP contribution in [0, 0.1) is 0 Å². The number of furan rings is 1. The Hall–Kier alpha value is -1.20. The van der Waals surface area contributed by atoms with Crippen molar-refractivity contribution in [2.45, 2.75) is 74.6 Å². The summed E-state index contributed by atoms with van der Waals surface area (Å²) in [6, 6.07) is 0. The third kappa shape index (κ3) is 5.24. The van der Waals surface area contributed by atoms with Crippen molar-refractivity contribution >= 4 is 0 Å². The molecule has 13 nitrogen and oxygen atoms in total. The predicted octanol–water partition coefficient (Wildman–Crippen LogP) is -4.09. The molecule has 31 heavy (non-hydrogen) atoms. The highest BCUT2D eigenvalue weighted by atomic mass is 16.7. The van der Waals surface area contributed by atoms with Gasteiger partial charge < -0.3 is 64.2 Å². The van der Waals surface area contributed by atoms with Crippen LogP contribution in [0.1, 0.15) is 11.1 Å². The largest absolute Gasteiger partial charge is 0.472 e. The summed E-state index contributed by atoms with van der Waals surface area (Å²) in [6.07, 6.45) is -11.5. The van der Waals surface area contributed by atoms with Crippen molar-refractivity contribution in [1.82, 2.24) is 0 Å². The highest BCUT2D eigenvalue weighted by Crippen LogP contribution is 2.26. The number of aliphatic hydroxyl groups excluding tert-OH is 8. The van der Waals surface area contributed by atoms with Gasteiger partial charge >= 0.3 is 0 Å². The fourth-order valence-electron chi connectivity index (χ4n) is 3.36. The fourth-order valence-corrected chi connectivity index (χ4v) is 3.36. The van der Waals surface area contributed by atoms with Crippen LogP contribution < -0.4 is 0 Å². The molecule has 1 aromatic rings. The zero-order valence-electron chi connectivity index (χ0n) is 16.4. The third-order valence-corrected chi connectivity index (χ3v) is 5.34. The van der Waals surface area contributed by atoms with Crippen LogP contribution in [0.15, 0.2) is 16.9 Å². The maximum Gasteiger partial charge on any atom is 0.187 e. The van der Waals surface area contributed by atoms with Crippen molar-refractivity contribution in [2.75, 3.05) is 13.2 Å². The van der Waals surface area contributed by atoms with Gasteiger partial charge in [-0.2, -0.15) is 0 Å². The molecule has 0 aliphatic carbocycles. The summed E-state index contributed by atoms with van der Waals surface area (Å²) in [4.78, 5) is 0. The molecule has 3 heterocycles. The van der Waals surface area contributed by atoms with E-state index in [-0.39, 0.29) is 13.2 Å². The van der Waals surface area contributed by atoms with Gasteiger partial charge in [-0.15, -0.1) is 0 Å². The Balaban J connectivity index is 1.56. The van der Waals surface area contributed by atoms with Crippen LogP contribution in [0.2, 0.25) is 0 Å². The molecule has 10 atom stereocenters. The Morgan fingerprint density at radius 2 is 1.00 bits per heavy atom. The topological polar surface area (TPSA) is 212 Å². The van der Waals surface area contributed by atoms with Crippen LogP contribution in [0.3, 0.4) is 0 Å². The standard InChI is InChI=1S/C18H28O13/c19-1-9-11(21)13(23)15(25)17(30-9)28-5-7-3-27-4-8(7)6-29-18-16(26)14(24)12(22)10(2-20)31-18/h3-4,9-26H,1-2,5-6H2/t9-,10-,11+,12+,13+,14+,15-,16-,17?,18?/m1/s1. The first kappa shape index (κ1) is 24.4. The van der Waals surface area contributed by atoms with Crippen molar-refractivity contribution in [3.8, 4) is 0 Å². The van der Waals surface area contributed by atoms with Gasteiger partial charge in [0, 0.05) is 11.1 Å². The molecule has 0 spiro atoms. The summed E-state index contributed by atoms with van der Waals surface area (Å²) in [7, 11) is 0. The second-order valence-electron chi connectivity index (χ2n) is 7.44. The molecule has 2 unspecified atom stereocenters. The summed E-state index contributed by atoms with van der Waals surface area (Å²) >= 11 is 0. The highest BCUT2D eigenvalue weighted by molar-refractivity contribution is 5.19. The van der Waals surface area contributed by atoms with E-state index in [1.807, 2.05) is 0 Å². The number of aliphatic hydroxyl groups is 8. The minimum absolute atomic E-state index is 0.160. The lowest BCUT2D eigenvalue weighted by Gasteiger charge is -2.39. The van der Waals surface area contributed by atoms with E-state index in [2.05, 4.69) is 0 Å². The monoisotopic (exact) mass is 452 g/mol. The maximum absolute atomic E-state index is 10.0. The smallest absolute Gasteiger partial charge is 0.187 e. The van der Waals surface area contributed by atoms with Crippen LogP contribution in [0.25, 0.3) is 0 Å². The zero-order valence-corrected chi connectivity index (χ0v) is 16.4. The molecule has 0 radical (unpaired) electrons. The normalized spacial score (nSPS) is 41.4. The van der Waals surface area contributed by atoms with Crippen LogP contribution >= 0.6 is 0 Å². The van der Waals surface area contributed by atoms with Crippen LogP contribution in [0.5, 0.6) is 0 Å². The van der Waals surface area contributed by atoms with E-state index >= 15 is 0 Å². The summed E-state index contributed by atoms with van der Waals surface area (Å²) < 4.78 is 26.5. The number of hydrogen-bond donors (Lipinski definition) is 8. The fraction of sp³-hybridized carbons (Fsp3) is 0.778. The molecule has 0 bridgehead atoms. The first-order valence-corrected chi connectivity index (χ1v) is 9.66. The van der Waals surface area contributed by atoms with Crippen molar-refractivity contribution < 1.29 is 64.2 Å². The van der Waals surface area contributed by atoms with E-state index in [1.54, 1.807) is 0 Å². The molecule has 0 amide bonds. The van der Waals surface area contributed by atoms with E-state index in [4.69, 9.17) is 23.4 Å². The van der Waals surface area contributed by atoms with Crippen LogP contribution in [-0.2, 0) is 32.2 Å². The van der Waals surface area contributed by atoms with Gasteiger partial charge in [0.25, 0.3) is 0 Å². The lowest BCUT2D eigenvalue weighted by Crippen LogP contribution is -2.59. The molecule has 178 valence electrons. The van der Waals surface area contributed by atoms with E-state index < -0.39 is 74.6 Å². The van der Waals surface area contributed by atoms with Crippen LogP contribution in [-0.4, -0.2) is 115 Å². The molecule has 2 aliphatic heterocycles. The Morgan fingerprint density at radius 1 is 0.613 bits per heavy atom. The molecule has 0 saturated carbocycles. The second-order valence-corrected chi connectivity index (χ2v) is 7.44. The highest BCUT2D eigenvalue weighted by Gasteiger charge is 2.45. The first-order valence-electron chi connectivity index (χ1n) is 9.66. The molecular formula is C18H28O13. The van der Waals surface area contributed by atoms with Crippen molar-refractivity contribution in [2.24, 2.45) is 0 Å². The van der Waals surface area contributed by atoms with E-state index in [9.17, 15) is 40.9 Å². The van der Waals surface area contributed by atoms with Crippen molar-refractivity contribution in [3.05, 3.63) is 23.7 Å². The molecule has 0 aromatic carbocycles. The summed E-state index contributed by atoms with van der Waals surface area (Å²) in [5.41, 5.74) is 0.920. The van der Waals surface area contributed by atoms with Gasteiger partial charge in [-0.05, 0) is 0 Å². The predicted molar refractivity (Wildman–Crippen MR) is 95.8 cm³/mol. The number of hydrogen-bond acceptors (Lipinski definition) is 13. The molecule has 2 aliphatic rings. The van der Waals surface area contributed by atoms with E-state index in [0.717, 1.165) is 0 Å². The van der Waals surface area contributed by atoms with Gasteiger partial charge in [0.1, 0.15) is 48.8 Å². The summed E-state index contributed by atoms with van der Waals surface area (Å²) in [5, 5.41) is 77.7. The van der Waals surface area contributed by atoms with Crippen LogP contribution in [0.4, 0.5) is 0 Å². The Morgan fingerprint density at radius 3 is 1.35 bits per heavy atom. The lowest BCUT2D eigenvalue weighted by molar-refractivity contribution is -0.305. The molecule has 2 fully saturated rings. The Kier molecular flexibility index (Phi) is 8.37. The Bertz CT molecular complexity index is 625. The van der Waals surface area contributed by atoms with Gasteiger partial charge in [-0.1, -0.05) is 0 Å². The minimum atomic E-state index is -1.57. The number of ether oxygens (including phenoxy) is 4. The minimum Gasteiger partial charge on any atom is -0.472 e. The van der Waals surface area contributed by atoms with Gasteiger partial charge in [0.05, 0.1) is 39.0 Å². The van der Waals surface area contributed by atoms with Crippen molar-refractivity contribution in [3.63, 3.8) is 0 Å². The molecule has 13 heteroatoms. The maximum atomic E-state index is 10.0.